The Labute approximate surface area is 261 Å². The summed E-state index contributed by atoms with van der Waals surface area (Å²) in [5, 5.41) is 6.58. The molecule has 0 unspecified atom stereocenters. The predicted molar refractivity (Wildman–Crippen MR) is 170 cm³/mol. The fraction of sp³-hybridized carbons (Fsp3) is 0.294. The molecule has 2 N–H and O–H groups in total. The van der Waals surface area contributed by atoms with E-state index in [1.54, 1.807) is 60.5 Å². The molecule has 3 aromatic carbocycles. The molecule has 0 atom stereocenters. The molecule has 10 nitrogen and oxygen atoms in total. The first-order valence-corrected chi connectivity index (χ1v) is 14.6. The maximum absolute atomic E-state index is 15.3. The highest BCUT2D eigenvalue weighted by Gasteiger charge is 2.24. The highest BCUT2D eigenvalue weighted by Crippen LogP contribution is 2.37. The first-order chi connectivity index (χ1) is 21.5. The molecule has 1 aliphatic heterocycles. The van der Waals surface area contributed by atoms with Crippen molar-refractivity contribution in [3.63, 3.8) is 0 Å². The Bertz CT molecular complexity index is 1730. The van der Waals surface area contributed by atoms with Crippen molar-refractivity contribution in [1.29, 1.82) is 0 Å². The van der Waals surface area contributed by atoms with Crippen LogP contribution in [0.25, 0.3) is 10.9 Å². The van der Waals surface area contributed by atoms with Gasteiger partial charge < -0.3 is 29.7 Å². The zero-order valence-electron chi connectivity index (χ0n) is 25.7. The Kier molecular flexibility index (Phi) is 9.17. The highest BCUT2D eigenvalue weighted by molar-refractivity contribution is 5.95. The van der Waals surface area contributed by atoms with E-state index in [1.807, 2.05) is 20.8 Å². The number of ether oxygens (including phenoxy) is 3. The van der Waals surface area contributed by atoms with Crippen LogP contribution in [-0.2, 0) is 4.79 Å². The standard InChI is InChI=1S/C34H36FN5O5/c1-6-31(41)40-14-12-22(13-15-40)45-30-18-25-28(19-29(30)43-5)36-20-37-32(25)38-27-11-10-24(17-26(27)35)44-23-9-7-8-21(16-23)33(42)39-34(2,3)4/h6-11,16-20,22H,1,12-15H2,2-5H3,(H,39,42)(H,36,37,38). The number of nitrogens with one attached hydrogen (secondary N) is 2. The van der Waals surface area contributed by atoms with E-state index in [0.29, 0.717) is 65.5 Å². The Hall–Kier alpha value is -5.19. The van der Waals surface area contributed by atoms with Gasteiger partial charge in [0, 0.05) is 54.6 Å². The van der Waals surface area contributed by atoms with E-state index in [-0.39, 0.29) is 34.9 Å². The van der Waals surface area contributed by atoms with Crippen molar-refractivity contribution in [3.8, 4) is 23.0 Å². The van der Waals surface area contributed by atoms with Crippen molar-refractivity contribution < 1.29 is 28.2 Å². The number of piperidine rings is 1. The third kappa shape index (κ3) is 7.67. The van der Waals surface area contributed by atoms with Crippen LogP contribution in [0.3, 0.4) is 0 Å². The summed E-state index contributed by atoms with van der Waals surface area (Å²) in [5.41, 5.74) is 0.809. The molecule has 4 aromatic rings. The van der Waals surface area contributed by atoms with Gasteiger partial charge in [-0.05, 0) is 63.2 Å². The lowest BCUT2D eigenvalue weighted by atomic mass is 10.1. The number of amides is 2. The molecular formula is C34H36FN5O5. The Balaban J connectivity index is 1.32. The van der Waals surface area contributed by atoms with Gasteiger partial charge in [-0.1, -0.05) is 12.6 Å². The third-order valence-electron chi connectivity index (χ3n) is 7.16. The number of carbonyl (C=O) groups excluding carboxylic acids is 2. The minimum Gasteiger partial charge on any atom is -0.493 e. The van der Waals surface area contributed by atoms with Crippen LogP contribution in [0.4, 0.5) is 15.9 Å². The van der Waals surface area contributed by atoms with Gasteiger partial charge in [-0.15, -0.1) is 0 Å². The van der Waals surface area contributed by atoms with Crippen molar-refractivity contribution in [3.05, 3.63) is 85.0 Å². The van der Waals surface area contributed by atoms with Crippen LogP contribution in [0.1, 0.15) is 44.0 Å². The SMILES string of the molecule is C=CC(=O)N1CCC(Oc2cc3c(Nc4ccc(Oc5cccc(C(=O)NC(C)(C)C)c5)cc4F)ncnc3cc2OC)CC1. The molecule has 1 fully saturated rings. The second-order valence-corrected chi connectivity index (χ2v) is 11.7. The van der Waals surface area contributed by atoms with E-state index in [0.717, 1.165) is 0 Å². The zero-order chi connectivity index (χ0) is 32.1. The van der Waals surface area contributed by atoms with Gasteiger partial charge in [0.05, 0.1) is 18.3 Å². The first kappa shape index (κ1) is 31.2. The molecule has 2 heterocycles. The molecule has 1 saturated heterocycles. The molecule has 0 aliphatic carbocycles. The van der Waals surface area contributed by atoms with Gasteiger partial charge >= 0.3 is 0 Å². The number of anilines is 2. The fourth-order valence-electron chi connectivity index (χ4n) is 4.96. The molecule has 11 heteroatoms. The highest BCUT2D eigenvalue weighted by atomic mass is 19.1. The first-order valence-electron chi connectivity index (χ1n) is 14.6. The van der Waals surface area contributed by atoms with Crippen LogP contribution < -0.4 is 24.8 Å². The minimum atomic E-state index is -0.563. The second kappa shape index (κ2) is 13.2. The summed E-state index contributed by atoms with van der Waals surface area (Å²) in [4.78, 5) is 35.0. The number of likely N-dealkylation sites (tertiary alicyclic amines) is 1. The predicted octanol–water partition coefficient (Wildman–Crippen LogP) is 6.40. The normalized spacial score (nSPS) is 13.7. The van der Waals surface area contributed by atoms with Crippen LogP contribution in [0.15, 0.2) is 73.6 Å². The van der Waals surface area contributed by atoms with Gasteiger partial charge in [0.1, 0.15) is 35.6 Å². The van der Waals surface area contributed by atoms with Crippen molar-refractivity contribution in [2.75, 3.05) is 25.5 Å². The van der Waals surface area contributed by atoms with Crippen LogP contribution in [0.2, 0.25) is 0 Å². The lowest BCUT2D eigenvalue weighted by molar-refractivity contribution is -0.127. The number of hydrogen-bond acceptors (Lipinski definition) is 8. The summed E-state index contributed by atoms with van der Waals surface area (Å²) in [6.07, 6.45) is 3.90. The Morgan fingerprint density at radius 1 is 1.02 bits per heavy atom. The zero-order valence-corrected chi connectivity index (χ0v) is 25.7. The number of hydrogen-bond donors (Lipinski definition) is 2. The molecular weight excluding hydrogens is 577 g/mol. The molecule has 5 rings (SSSR count). The fourth-order valence-corrected chi connectivity index (χ4v) is 4.96. The summed E-state index contributed by atoms with van der Waals surface area (Å²) in [5.74, 6) is 1.16. The summed E-state index contributed by atoms with van der Waals surface area (Å²) in [6, 6.07) is 14.7. The number of rotatable bonds is 9. The number of halogens is 1. The minimum absolute atomic E-state index is 0.0914. The van der Waals surface area contributed by atoms with Gasteiger partial charge in [-0.2, -0.15) is 0 Å². The van der Waals surface area contributed by atoms with E-state index >= 15 is 4.39 Å². The molecule has 1 aromatic heterocycles. The number of nitrogens with zero attached hydrogens (tertiary/aromatic N) is 3. The number of aromatic nitrogens is 2. The van der Waals surface area contributed by atoms with Gasteiger partial charge in [0.15, 0.2) is 11.5 Å². The third-order valence-corrected chi connectivity index (χ3v) is 7.16. The summed E-state index contributed by atoms with van der Waals surface area (Å²) >= 11 is 0. The molecule has 0 saturated carbocycles. The van der Waals surface area contributed by atoms with E-state index in [4.69, 9.17) is 14.2 Å². The van der Waals surface area contributed by atoms with E-state index in [2.05, 4.69) is 27.2 Å². The smallest absolute Gasteiger partial charge is 0.251 e. The lowest BCUT2D eigenvalue weighted by Crippen LogP contribution is -2.41. The number of benzene rings is 3. The summed E-state index contributed by atoms with van der Waals surface area (Å²) in [7, 11) is 1.55. The largest absolute Gasteiger partial charge is 0.493 e. The summed E-state index contributed by atoms with van der Waals surface area (Å²) in [6.45, 7) is 10.4. The van der Waals surface area contributed by atoms with Crippen molar-refractivity contribution in [2.24, 2.45) is 0 Å². The topological polar surface area (TPSA) is 115 Å². The summed E-state index contributed by atoms with van der Waals surface area (Å²) < 4.78 is 33.1. The average molecular weight is 614 g/mol. The van der Waals surface area contributed by atoms with Crippen LogP contribution in [-0.4, -0.2) is 58.5 Å². The molecule has 0 spiro atoms. The van der Waals surface area contributed by atoms with Crippen molar-refractivity contribution in [2.45, 2.75) is 45.3 Å². The van der Waals surface area contributed by atoms with Crippen LogP contribution >= 0.6 is 0 Å². The molecule has 0 bridgehead atoms. The maximum Gasteiger partial charge on any atom is 0.251 e. The van der Waals surface area contributed by atoms with Crippen LogP contribution in [0, 0.1) is 5.82 Å². The van der Waals surface area contributed by atoms with E-state index in [1.165, 1.54) is 18.5 Å². The molecule has 45 heavy (non-hydrogen) atoms. The van der Waals surface area contributed by atoms with E-state index < -0.39 is 5.82 Å². The molecule has 2 amide bonds. The number of methoxy groups -OCH3 is 1. The van der Waals surface area contributed by atoms with Crippen molar-refractivity contribution >= 4 is 34.2 Å². The number of fused-ring (bicyclic) bond motifs is 1. The van der Waals surface area contributed by atoms with Crippen molar-refractivity contribution in [1.82, 2.24) is 20.2 Å². The molecule has 0 radical (unpaired) electrons. The molecule has 1 aliphatic rings. The van der Waals surface area contributed by atoms with E-state index in [9.17, 15) is 9.59 Å². The quantitative estimate of drug-likeness (QED) is 0.209. The van der Waals surface area contributed by atoms with Gasteiger partial charge in [0.2, 0.25) is 5.91 Å². The maximum atomic E-state index is 15.3. The van der Waals surface area contributed by atoms with Gasteiger partial charge in [0.25, 0.3) is 5.91 Å². The Morgan fingerprint density at radius 2 is 1.78 bits per heavy atom. The van der Waals surface area contributed by atoms with Gasteiger partial charge in [-0.3, -0.25) is 9.59 Å². The molecule has 234 valence electrons. The number of carbonyl (C=O) groups is 2. The lowest BCUT2D eigenvalue weighted by Gasteiger charge is -2.31. The monoisotopic (exact) mass is 613 g/mol. The average Bonchev–Trinajstić information content (AvgIpc) is 3.01. The van der Waals surface area contributed by atoms with Gasteiger partial charge in [-0.25, -0.2) is 14.4 Å². The van der Waals surface area contributed by atoms with Crippen LogP contribution in [0.5, 0.6) is 23.0 Å². The second-order valence-electron chi connectivity index (χ2n) is 11.7. The Morgan fingerprint density at radius 3 is 2.47 bits per heavy atom.